The molecule has 0 saturated carbocycles. The Hall–Kier alpha value is -1.59. The number of benzene rings is 1. The molecule has 2 heterocycles. The maximum absolute atomic E-state index is 12.4. The molecule has 2 aliphatic rings. The fraction of sp³-hybridized carbons (Fsp3) is 0.529. The number of carbonyl (C=O) groups is 2. The number of piperidine rings is 1. The standard InChI is InChI=1S/C17H21ClN2O3/c18-13-3-1-11(2-4-13)16(22)12-7-9-20(10-8-12)17(23)14-5-6-15(21)19-14/h1-4,12,14,16,22H,5-10H2,(H,19,21)/t14-,16?/m1/s1. The quantitative estimate of drug-likeness (QED) is 0.885. The van der Waals surface area contributed by atoms with Gasteiger partial charge >= 0.3 is 0 Å². The van der Waals surface area contributed by atoms with E-state index in [4.69, 9.17) is 11.6 Å². The van der Waals surface area contributed by atoms with E-state index in [-0.39, 0.29) is 23.8 Å². The molecule has 0 aliphatic carbocycles. The zero-order chi connectivity index (χ0) is 16.4. The van der Waals surface area contributed by atoms with Crippen LogP contribution in [0, 0.1) is 5.92 Å². The highest BCUT2D eigenvalue weighted by Crippen LogP contribution is 2.31. The first kappa shape index (κ1) is 16.3. The molecule has 23 heavy (non-hydrogen) atoms. The minimum atomic E-state index is -0.532. The van der Waals surface area contributed by atoms with Crippen LogP contribution in [0.5, 0.6) is 0 Å². The number of aliphatic hydroxyl groups excluding tert-OH is 1. The van der Waals surface area contributed by atoms with Crippen LogP contribution in [0.4, 0.5) is 0 Å². The Morgan fingerprint density at radius 1 is 1.22 bits per heavy atom. The summed E-state index contributed by atoms with van der Waals surface area (Å²) in [5.41, 5.74) is 0.863. The summed E-state index contributed by atoms with van der Waals surface area (Å²) >= 11 is 5.87. The smallest absolute Gasteiger partial charge is 0.245 e. The molecule has 2 aliphatic heterocycles. The van der Waals surface area contributed by atoms with Gasteiger partial charge in [0, 0.05) is 24.5 Å². The fourth-order valence-electron chi connectivity index (χ4n) is 3.39. The van der Waals surface area contributed by atoms with E-state index in [9.17, 15) is 14.7 Å². The average molecular weight is 337 g/mol. The Morgan fingerprint density at radius 3 is 2.43 bits per heavy atom. The Labute approximate surface area is 140 Å². The van der Waals surface area contributed by atoms with Crippen molar-refractivity contribution in [3.8, 4) is 0 Å². The number of rotatable bonds is 3. The number of aliphatic hydroxyl groups is 1. The third-order valence-electron chi connectivity index (χ3n) is 4.80. The lowest BCUT2D eigenvalue weighted by molar-refractivity contribution is -0.136. The molecule has 1 aromatic carbocycles. The van der Waals surface area contributed by atoms with Gasteiger partial charge in [-0.2, -0.15) is 0 Å². The van der Waals surface area contributed by atoms with Gasteiger partial charge in [-0.15, -0.1) is 0 Å². The SMILES string of the molecule is O=C1CC[C@H](C(=O)N2CCC(C(O)c3ccc(Cl)cc3)CC2)N1. The van der Waals surface area contributed by atoms with Crippen molar-refractivity contribution in [1.82, 2.24) is 10.2 Å². The van der Waals surface area contributed by atoms with Crippen LogP contribution in [0.3, 0.4) is 0 Å². The molecule has 0 spiro atoms. The molecular formula is C17H21ClN2O3. The number of hydrogen-bond donors (Lipinski definition) is 2. The van der Waals surface area contributed by atoms with Crippen LogP contribution in [-0.4, -0.2) is 41.0 Å². The molecule has 1 unspecified atom stereocenters. The number of halogens is 1. The van der Waals surface area contributed by atoms with E-state index in [0.717, 1.165) is 18.4 Å². The second-order valence-corrected chi connectivity index (χ2v) is 6.75. The fourth-order valence-corrected chi connectivity index (χ4v) is 3.51. The molecule has 2 atom stereocenters. The summed E-state index contributed by atoms with van der Waals surface area (Å²) in [4.78, 5) is 25.4. The van der Waals surface area contributed by atoms with Gasteiger partial charge in [-0.1, -0.05) is 23.7 Å². The second-order valence-electron chi connectivity index (χ2n) is 6.32. The zero-order valence-electron chi connectivity index (χ0n) is 12.9. The van der Waals surface area contributed by atoms with Gasteiger partial charge in [0.05, 0.1) is 6.10 Å². The van der Waals surface area contributed by atoms with Crippen molar-refractivity contribution >= 4 is 23.4 Å². The van der Waals surface area contributed by atoms with E-state index in [1.807, 2.05) is 12.1 Å². The number of nitrogens with one attached hydrogen (secondary N) is 1. The zero-order valence-corrected chi connectivity index (χ0v) is 13.6. The van der Waals surface area contributed by atoms with Crippen molar-refractivity contribution in [1.29, 1.82) is 0 Å². The first-order valence-electron chi connectivity index (χ1n) is 8.06. The molecule has 2 amide bonds. The monoisotopic (exact) mass is 336 g/mol. The molecule has 1 aromatic rings. The van der Waals surface area contributed by atoms with Gasteiger partial charge in [0.15, 0.2) is 0 Å². The molecule has 124 valence electrons. The van der Waals surface area contributed by atoms with Crippen LogP contribution in [-0.2, 0) is 9.59 Å². The van der Waals surface area contributed by atoms with E-state index in [2.05, 4.69) is 5.32 Å². The van der Waals surface area contributed by atoms with Crippen molar-refractivity contribution in [2.45, 2.75) is 37.8 Å². The lowest BCUT2D eigenvalue weighted by Gasteiger charge is -2.35. The lowest BCUT2D eigenvalue weighted by Crippen LogP contribution is -2.48. The summed E-state index contributed by atoms with van der Waals surface area (Å²) in [6.07, 6.45) is 2.01. The van der Waals surface area contributed by atoms with Gasteiger partial charge in [0.25, 0.3) is 0 Å². The van der Waals surface area contributed by atoms with Gasteiger partial charge in [0.1, 0.15) is 6.04 Å². The van der Waals surface area contributed by atoms with Crippen LogP contribution in [0.15, 0.2) is 24.3 Å². The Morgan fingerprint density at radius 2 is 1.87 bits per heavy atom. The predicted octanol–water partition coefficient (Wildman–Crippen LogP) is 1.89. The second kappa shape index (κ2) is 6.89. The number of hydrogen-bond acceptors (Lipinski definition) is 3. The maximum atomic E-state index is 12.4. The van der Waals surface area contributed by atoms with Crippen LogP contribution in [0.2, 0.25) is 5.02 Å². The lowest BCUT2D eigenvalue weighted by atomic mass is 9.87. The van der Waals surface area contributed by atoms with Gasteiger partial charge < -0.3 is 15.3 Å². The van der Waals surface area contributed by atoms with Gasteiger partial charge in [-0.05, 0) is 42.9 Å². The largest absolute Gasteiger partial charge is 0.388 e. The highest BCUT2D eigenvalue weighted by Gasteiger charge is 2.34. The van der Waals surface area contributed by atoms with E-state index in [1.54, 1.807) is 17.0 Å². The van der Waals surface area contributed by atoms with Gasteiger partial charge in [-0.25, -0.2) is 0 Å². The molecule has 2 saturated heterocycles. The summed E-state index contributed by atoms with van der Waals surface area (Å²) < 4.78 is 0. The molecule has 2 fully saturated rings. The van der Waals surface area contributed by atoms with Crippen LogP contribution in [0.25, 0.3) is 0 Å². The molecule has 0 aromatic heterocycles. The molecule has 0 bridgehead atoms. The highest BCUT2D eigenvalue weighted by atomic mass is 35.5. The molecule has 2 N–H and O–H groups in total. The Kier molecular flexibility index (Phi) is 4.87. The predicted molar refractivity (Wildman–Crippen MR) is 86.9 cm³/mol. The third kappa shape index (κ3) is 3.67. The molecule has 6 heteroatoms. The van der Waals surface area contributed by atoms with E-state index in [1.165, 1.54) is 0 Å². The van der Waals surface area contributed by atoms with E-state index >= 15 is 0 Å². The molecular weight excluding hydrogens is 316 g/mol. The topological polar surface area (TPSA) is 69.6 Å². The van der Waals surface area contributed by atoms with Gasteiger partial charge in [-0.3, -0.25) is 9.59 Å². The Balaban J connectivity index is 1.54. The third-order valence-corrected chi connectivity index (χ3v) is 5.05. The summed E-state index contributed by atoms with van der Waals surface area (Å²) in [5, 5.41) is 13.9. The first-order valence-corrected chi connectivity index (χ1v) is 8.44. The van der Waals surface area contributed by atoms with Crippen molar-refractivity contribution < 1.29 is 14.7 Å². The van der Waals surface area contributed by atoms with Crippen molar-refractivity contribution in [3.05, 3.63) is 34.9 Å². The Bertz CT molecular complexity index is 582. The summed E-state index contributed by atoms with van der Waals surface area (Å²) in [5.74, 6) is 0.102. The normalized spacial score (nSPS) is 23.7. The van der Waals surface area contributed by atoms with Crippen LogP contribution in [0.1, 0.15) is 37.4 Å². The number of likely N-dealkylation sites (tertiary alicyclic amines) is 1. The number of nitrogens with zero attached hydrogens (tertiary/aromatic N) is 1. The maximum Gasteiger partial charge on any atom is 0.245 e. The summed E-state index contributed by atoms with van der Waals surface area (Å²) in [7, 11) is 0. The number of amides is 2. The average Bonchev–Trinajstić information content (AvgIpc) is 3.01. The van der Waals surface area contributed by atoms with Crippen molar-refractivity contribution in [2.24, 2.45) is 5.92 Å². The van der Waals surface area contributed by atoms with Crippen LogP contribution < -0.4 is 5.32 Å². The molecule has 3 rings (SSSR count). The van der Waals surface area contributed by atoms with Crippen LogP contribution >= 0.6 is 11.6 Å². The minimum absolute atomic E-state index is 0.00952. The number of carbonyl (C=O) groups excluding carboxylic acids is 2. The summed E-state index contributed by atoms with van der Waals surface area (Å²) in [6.45, 7) is 1.25. The molecule has 0 radical (unpaired) electrons. The van der Waals surface area contributed by atoms with E-state index < -0.39 is 6.10 Å². The van der Waals surface area contributed by atoms with E-state index in [0.29, 0.717) is 31.0 Å². The molecule has 5 nitrogen and oxygen atoms in total. The van der Waals surface area contributed by atoms with Crippen molar-refractivity contribution in [3.63, 3.8) is 0 Å². The van der Waals surface area contributed by atoms with Gasteiger partial charge in [0.2, 0.25) is 11.8 Å². The highest BCUT2D eigenvalue weighted by molar-refractivity contribution is 6.30. The minimum Gasteiger partial charge on any atom is -0.388 e. The summed E-state index contributed by atoms with van der Waals surface area (Å²) in [6, 6.07) is 6.89. The van der Waals surface area contributed by atoms with Crippen molar-refractivity contribution in [2.75, 3.05) is 13.1 Å². The first-order chi connectivity index (χ1) is 11.0.